The van der Waals surface area contributed by atoms with Crippen LogP contribution in [0.15, 0.2) is 66.8 Å². The molecule has 79 heavy (non-hydrogen) atoms. The van der Waals surface area contributed by atoms with Crippen LogP contribution in [0.4, 0.5) is 4.39 Å². The molecule has 2 heterocycles. The van der Waals surface area contributed by atoms with Crippen molar-refractivity contribution in [3.05, 3.63) is 106 Å². The van der Waals surface area contributed by atoms with E-state index < -0.39 is 85.5 Å². The van der Waals surface area contributed by atoms with Gasteiger partial charge in [0.1, 0.15) is 11.9 Å². The molecular weight excluding hydrogens is 1030 g/mol. The summed E-state index contributed by atoms with van der Waals surface area (Å²) in [6.07, 6.45) is 5.92. The lowest BCUT2D eigenvalue weighted by Gasteiger charge is -2.29. The van der Waals surface area contributed by atoms with Crippen molar-refractivity contribution in [2.24, 2.45) is 0 Å². The molecule has 0 radical (unpaired) electrons. The summed E-state index contributed by atoms with van der Waals surface area (Å²) in [5.74, 6) is -5.17. The summed E-state index contributed by atoms with van der Waals surface area (Å²) in [5.41, 5.74) is 4.79. The molecule has 1 aliphatic heterocycles. The van der Waals surface area contributed by atoms with Crippen LogP contribution in [0.25, 0.3) is 16.6 Å². The van der Waals surface area contributed by atoms with Gasteiger partial charge in [0.15, 0.2) is 0 Å². The maximum absolute atomic E-state index is 15.2. The Morgan fingerprint density at radius 1 is 0.835 bits per heavy atom. The van der Waals surface area contributed by atoms with E-state index in [9.17, 15) is 53.1 Å². The number of aliphatic hydroxyl groups excluding tert-OH is 1. The highest BCUT2D eigenvalue weighted by molar-refractivity contribution is 6.02. The first-order valence-electron chi connectivity index (χ1n) is 25.9. The van der Waals surface area contributed by atoms with Crippen molar-refractivity contribution in [3.8, 4) is 0 Å². The van der Waals surface area contributed by atoms with E-state index >= 15 is 4.39 Å². The van der Waals surface area contributed by atoms with Gasteiger partial charge in [0.25, 0.3) is 11.8 Å². The van der Waals surface area contributed by atoms with Crippen LogP contribution >= 0.6 is 0 Å². The van der Waals surface area contributed by atoms with Gasteiger partial charge in [0.2, 0.25) is 47.8 Å². The zero-order valence-corrected chi connectivity index (χ0v) is 44.6. The smallest absolute Gasteiger partial charge is 0.256 e. The minimum atomic E-state index is -1.14. The normalized spacial score (nSPS) is 14.2. The Labute approximate surface area is 456 Å². The van der Waals surface area contributed by atoms with Crippen molar-refractivity contribution in [2.45, 2.75) is 84.3 Å². The molecule has 0 unspecified atom stereocenters. The van der Waals surface area contributed by atoms with Gasteiger partial charge in [0, 0.05) is 67.9 Å². The lowest BCUT2D eigenvalue weighted by atomic mass is 9.81. The maximum atomic E-state index is 15.2. The second-order valence-electron chi connectivity index (χ2n) is 18.4. The van der Waals surface area contributed by atoms with Crippen molar-refractivity contribution in [2.75, 3.05) is 72.3 Å². The zero-order chi connectivity index (χ0) is 57.4. The van der Waals surface area contributed by atoms with Gasteiger partial charge in [-0.1, -0.05) is 49.1 Å². The Kier molecular flexibility index (Phi) is 24.4. The van der Waals surface area contributed by atoms with Crippen molar-refractivity contribution in [1.29, 1.82) is 0 Å². The third kappa shape index (κ3) is 18.2. The molecule has 1 aromatic heterocycles. The Bertz CT molecular complexity index is 2820. The summed E-state index contributed by atoms with van der Waals surface area (Å²) in [5, 5.41) is 28.7. The number of rotatable bonds is 31. The van der Waals surface area contributed by atoms with E-state index in [4.69, 9.17) is 14.5 Å². The molecule has 0 fully saturated rings. The molecule has 2 atom stereocenters. The van der Waals surface area contributed by atoms with E-state index in [1.807, 2.05) is 0 Å². The number of halogens is 1. The van der Waals surface area contributed by atoms with Crippen LogP contribution in [0.1, 0.15) is 85.5 Å². The molecule has 8 N–H and O–H groups in total. The fourth-order valence-electron chi connectivity index (χ4n) is 8.81. The Morgan fingerprint density at radius 3 is 2.22 bits per heavy atom. The third-order valence-corrected chi connectivity index (χ3v) is 12.8. The standard InChI is InChI=1S/C55H69FN10O13/c1-5-11-50(75)65(33-68)21-17-44(69)58-20-23-79-25-24-78-22-18-45(70)59-28-48(73)60-30-49(74)63-42(26-36-12-8-7-9-13-36)54(76)61-29-47(72)57-19-10-14-46(71)62-40-16-15-37-35(4)39(56)27-41-51(37)52(40)38-31-66(55(77)34(3)32-67)43(6-2)53(38)64-41/h5-9,11-13,27,33,40,42,67H,3,10,14-26,28-32H2,1-2,4H3,(H,57,72)(H,58,69)(H,59,70)(H,60,73)(H,61,76)(H,62,71)(H,63,74)/b11-5-,43-6-/t40-,42-/m0/s1. The first-order chi connectivity index (χ1) is 38.0. The number of benzene rings is 2. The minimum Gasteiger partial charge on any atom is -0.391 e. The summed E-state index contributed by atoms with van der Waals surface area (Å²) in [6, 6.07) is 8.53. The number of pyridine rings is 1. The van der Waals surface area contributed by atoms with Crippen molar-refractivity contribution < 1.29 is 66.9 Å². The van der Waals surface area contributed by atoms with Crippen molar-refractivity contribution in [3.63, 3.8) is 0 Å². The average molecular weight is 1100 g/mol. The Morgan fingerprint density at radius 2 is 1.51 bits per heavy atom. The van der Waals surface area contributed by atoms with Gasteiger partial charge in [-0.25, -0.2) is 9.37 Å². The van der Waals surface area contributed by atoms with Gasteiger partial charge in [-0.15, -0.1) is 0 Å². The van der Waals surface area contributed by atoms with Gasteiger partial charge >= 0.3 is 0 Å². The lowest BCUT2D eigenvalue weighted by Crippen LogP contribution is -2.52. The highest BCUT2D eigenvalue weighted by atomic mass is 19.1. The van der Waals surface area contributed by atoms with Crippen LogP contribution < -0.4 is 37.2 Å². The number of aryl methyl sites for hydroxylation is 1. The van der Waals surface area contributed by atoms with Crippen LogP contribution in [0, 0.1) is 12.7 Å². The van der Waals surface area contributed by atoms with Gasteiger partial charge < -0.3 is 56.7 Å². The molecule has 0 saturated carbocycles. The molecule has 5 rings (SSSR count). The minimum absolute atomic E-state index is 0.00544. The van der Waals surface area contributed by atoms with E-state index in [1.54, 1.807) is 57.2 Å². The third-order valence-electron chi connectivity index (χ3n) is 12.8. The van der Waals surface area contributed by atoms with E-state index in [1.165, 1.54) is 23.1 Å². The van der Waals surface area contributed by atoms with E-state index in [-0.39, 0.29) is 102 Å². The van der Waals surface area contributed by atoms with Crippen molar-refractivity contribution >= 4 is 76.2 Å². The first kappa shape index (κ1) is 61.6. The second-order valence-corrected chi connectivity index (χ2v) is 18.4. The molecule has 1 aliphatic carbocycles. The maximum Gasteiger partial charge on any atom is 0.256 e. The second kappa shape index (κ2) is 31.2. The topological polar surface area (TPSA) is 313 Å². The number of nitrogens with zero attached hydrogens (tertiary/aromatic N) is 3. The summed E-state index contributed by atoms with van der Waals surface area (Å²) in [7, 11) is 0. The number of hydrogen-bond donors (Lipinski definition) is 8. The zero-order valence-electron chi connectivity index (χ0n) is 44.6. The number of aromatic nitrogens is 1. The number of nitrogens with one attached hydrogen (secondary N) is 7. The molecule has 23 nitrogen and oxygen atoms in total. The SMILES string of the molecule is C=C(CO)C(=O)N1Cc2c(nc3cc(F)c(C)c4c3c2[C@@H](NC(=O)CCCNC(=O)CNC(=O)[C@H](Cc2ccccc2)NC(=O)CNC(=O)CNC(=O)CCOCCOCCNC(=O)CCN(C=O)C(=O)/C=C\C)CC4)/C1=C/C. The van der Waals surface area contributed by atoms with Crippen LogP contribution in [0.2, 0.25) is 0 Å². The number of imide groups is 1. The predicted molar refractivity (Wildman–Crippen MR) is 286 cm³/mol. The molecule has 2 aromatic carbocycles. The molecular formula is C55H69FN10O13. The number of carbonyl (C=O) groups excluding carboxylic acids is 10. The monoisotopic (exact) mass is 1100 g/mol. The highest BCUT2D eigenvalue weighted by Gasteiger charge is 2.38. The molecule has 3 aromatic rings. The van der Waals surface area contributed by atoms with E-state index in [0.717, 1.165) is 21.4 Å². The molecule has 0 bridgehead atoms. The number of carbonyl (C=O) groups is 10. The summed E-state index contributed by atoms with van der Waals surface area (Å²) in [6.45, 7) is 7.70. The molecule has 0 spiro atoms. The van der Waals surface area contributed by atoms with Gasteiger partial charge in [-0.2, -0.15) is 0 Å². The number of hydrogen-bond acceptors (Lipinski definition) is 14. The number of fused-ring (bicyclic) bond motifs is 2. The molecule has 0 saturated heterocycles. The average Bonchev–Trinajstić information content (AvgIpc) is 3.98. The van der Waals surface area contributed by atoms with Gasteiger partial charge in [-0.05, 0) is 68.4 Å². The predicted octanol–water partition coefficient (Wildman–Crippen LogP) is 0.501. The number of aliphatic hydroxyl groups is 1. The van der Waals surface area contributed by atoms with Crippen LogP contribution in [-0.2, 0) is 76.8 Å². The number of allylic oxidation sites excluding steroid dienone is 2. The molecule has 2 aliphatic rings. The highest BCUT2D eigenvalue weighted by Crippen LogP contribution is 2.45. The molecule has 24 heteroatoms. The quantitative estimate of drug-likeness (QED) is 0.0247. The fraction of sp³-hybridized carbons (Fsp3) is 0.436. The van der Waals surface area contributed by atoms with Crippen LogP contribution in [0.5, 0.6) is 0 Å². The first-order valence-corrected chi connectivity index (χ1v) is 25.9. The summed E-state index contributed by atoms with van der Waals surface area (Å²) < 4.78 is 25.9. The molecule has 10 amide bonds. The Balaban J connectivity index is 0.991. The van der Waals surface area contributed by atoms with E-state index in [0.29, 0.717) is 52.8 Å². The van der Waals surface area contributed by atoms with Crippen LogP contribution in [-0.4, -0.2) is 158 Å². The largest absolute Gasteiger partial charge is 0.391 e. The van der Waals surface area contributed by atoms with Crippen LogP contribution in [0.3, 0.4) is 0 Å². The number of amides is 10. The Hall–Kier alpha value is -8.22. The summed E-state index contributed by atoms with van der Waals surface area (Å²) in [4.78, 5) is 133. The lowest BCUT2D eigenvalue weighted by molar-refractivity contribution is -0.135. The summed E-state index contributed by atoms with van der Waals surface area (Å²) >= 11 is 0. The van der Waals surface area contributed by atoms with Gasteiger partial charge in [-0.3, -0.25) is 52.8 Å². The number of ether oxygens (including phenoxy) is 2. The van der Waals surface area contributed by atoms with Crippen molar-refractivity contribution in [1.82, 2.24) is 52.0 Å². The molecule has 424 valence electrons. The van der Waals surface area contributed by atoms with E-state index in [2.05, 4.69) is 43.8 Å². The fourth-order valence-corrected chi connectivity index (χ4v) is 8.81. The van der Waals surface area contributed by atoms with Gasteiger partial charge in [0.05, 0.1) is 82.2 Å².